The summed E-state index contributed by atoms with van der Waals surface area (Å²) in [6.07, 6.45) is 8.66. The second kappa shape index (κ2) is 5.81. The molecule has 2 aromatic carbocycles. The minimum atomic E-state index is 0.853. The first kappa shape index (κ1) is 13.3. The fraction of sp³-hybridized carbons (Fsp3) is 0.500. The average Bonchev–Trinajstić information content (AvgIpc) is 2.56. The highest BCUT2D eigenvalue weighted by atomic mass is 15.2. The minimum absolute atomic E-state index is 0.853. The molecule has 0 N–H and O–H groups in total. The van der Waals surface area contributed by atoms with E-state index in [4.69, 9.17) is 0 Å². The maximum Gasteiger partial charge on any atom is 0.0242 e. The third kappa shape index (κ3) is 2.60. The molecular formula is C20H25N. The van der Waals surface area contributed by atoms with Crippen LogP contribution in [0.5, 0.6) is 0 Å². The van der Waals surface area contributed by atoms with Crippen LogP contribution >= 0.6 is 0 Å². The van der Waals surface area contributed by atoms with Crippen LogP contribution in [-0.2, 0) is 6.54 Å². The zero-order valence-electron chi connectivity index (χ0n) is 12.8. The van der Waals surface area contributed by atoms with E-state index >= 15 is 0 Å². The van der Waals surface area contributed by atoms with Crippen molar-refractivity contribution < 1.29 is 0 Å². The van der Waals surface area contributed by atoms with Gasteiger partial charge in [0.05, 0.1) is 0 Å². The van der Waals surface area contributed by atoms with Crippen molar-refractivity contribution in [3.63, 3.8) is 0 Å². The molecule has 21 heavy (non-hydrogen) atoms. The molecule has 1 heterocycles. The van der Waals surface area contributed by atoms with Gasteiger partial charge in [-0.1, -0.05) is 55.3 Å². The molecule has 1 heteroatoms. The molecule has 2 aromatic rings. The number of likely N-dealkylation sites (tertiary alicyclic amines) is 1. The Hall–Kier alpha value is -1.34. The molecular weight excluding hydrogens is 254 g/mol. The fourth-order valence-electron chi connectivity index (χ4n) is 4.57. The van der Waals surface area contributed by atoms with E-state index < -0.39 is 0 Å². The van der Waals surface area contributed by atoms with Crippen molar-refractivity contribution in [2.45, 2.75) is 51.1 Å². The monoisotopic (exact) mass is 279 g/mol. The molecule has 0 bridgehead atoms. The van der Waals surface area contributed by atoms with E-state index in [0.717, 1.165) is 18.5 Å². The summed E-state index contributed by atoms with van der Waals surface area (Å²) in [4.78, 5) is 2.79. The van der Waals surface area contributed by atoms with E-state index in [9.17, 15) is 0 Å². The van der Waals surface area contributed by atoms with Gasteiger partial charge in [0.15, 0.2) is 0 Å². The van der Waals surface area contributed by atoms with E-state index in [0.29, 0.717) is 0 Å². The summed E-state index contributed by atoms with van der Waals surface area (Å²) in [5.41, 5.74) is 1.51. The van der Waals surface area contributed by atoms with E-state index in [2.05, 4.69) is 47.4 Å². The Bertz CT molecular complexity index is 611. The summed E-state index contributed by atoms with van der Waals surface area (Å²) in [5.74, 6) is 0.975. The first-order valence-electron chi connectivity index (χ1n) is 8.62. The van der Waals surface area contributed by atoms with Crippen molar-refractivity contribution in [2.75, 3.05) is 6.54 Å². The van der Waals surface area contributed by atoms with Crippen LogP contribution in [-0.4, -0.2) is 17.5 Å². The topological polar surface area (TPSA) is 3.24 Å². The summed E-state index contributed by atoms with van der Waals surface area (Å²) in [6, 6.07) is 16.5. The Labute approximate surface area is 128 Å². The number of benzene rings is 2. The Kier molecular flexibility index (Phi) is 3.69. The summed E-state index contributed by atoms with van der Waals surface area (Å²) in [7, 11) is 0. The Morgan fingerprint density at radius 3 is 2.67 bits per heavy atom. The molecule has 2 unspecified atom stereocenters. The van der Waals surface area contributed by atoms with Gasteiger partial charge in [0.2, 0.25) is 0 Å². The molecule has 1 saturated carbocycles. The quantitative estimate of drug-likeness (QED) is 0.748. The van der Waals surface area contributed by atoms with Crippen LogP contribution in [0.3, 0.4) is 0 Å². The van der Waals surface area contributed by atoms with Gasteiger partial charge in [-0.2, -0.15) is 0 Å². The third-order valence-corrected chi connectivity index (χ3v) is 5.61. The maximum absolute atomic E-state index is 2.79. The van der Waals surface area contributed by atoms with Gasteiger partial charge < -0.3 is 0 Å². The fourth-order valence-corrected chi connectivity index (χ4v) is 4.57. The maximum atomic E-state index is 2.79. The summed E-state index contributed by atoms with van der Waals surface area (Å²) in [6.45, 7) is 2.44. The van der Waals surface area contributed by atoms with Gasteiger partial charge in [0, 0.05) is 12.6 Å². The molecule has 1 saturated heterocycles. The van der Waals surface area contributed by atoms with Crippen LogP contribution in [0.4, 0.5) is 0 Å². The standard InChI is InChI=1S/C20H25N/c1-3-12-19-16(7-1)9-5-10-18(19)15-21-14-6-11-17-8-2-4-13-20(17)21/h1,3,5,7,9-10,12,17,20H,2,4,6,8,11,13-15H2. The molecule has 0 amide bonds. The predicted molar refractivity (Wildman–Crippen MR) is 89.3 cm³/mol. The Morgan fingerprint density at radius 1 is 0.857 bits per heavy atom. The van der Waals surface area contributed by atoms with Gasteiger partial charge >= 0.3 is 0 Å². The summed E-state index contributed by atoms with van der Waals surface area (Å²) >= 11 is 0. The lowest BCUT2D eigenvalue weighted by Crippen LogP contribution is -2.46. The van der Waals surface area contributed by atoms with Crippen molar-refractivity contribution in [2.24, 2.45) is 5.92 Å². The zero-order valence-corrected chi connectivity index (χ0v) is 12.8. The summed E-state index contributed by atoms with van der Waals surface area (Å²) < 4.78 is 0. The van der Waals surface area contributed by atoms with Gasteiger partial charge in [0.1, 0.15) is 0 Å². The van der Waals surface area contributed by atoms with Crippen molar-refractivity contribution in [1.29, 1.82) is 0 Å². The predicted octanol–water partition coefficient (Wildman–Crippen LogP) is 4.99. The lowest BCUT2D eigenvalue weighted by molar-refractivity contribution is 0.0550. The number of nitrogens with zero attached hydrogens (tertiary/aromatic N) is 1. The smallest absolute Gasteiger partial charge is 0.0242 e. The Morgan fingerprint density at radius 2 is 1.67 bits per heavy atom. The first-order valence-corrected chi connectivity index (χ1v) is 8.62. The SMILES string of the molecule is c1ccc2c(CN3CCCC4CCCCC43)cccc2c1. The molecule has 1 nitrogen and oxygen atoms in total. The van der Waals surface area contributed by atoms with Crippen molar-refractivity contribution >= 4 is 10.8 Å². The molecule has 0 aromatic heterocycles. The molecule has 0 radical (unpaired) electrons. The molecule has 2 atom stereocenters. The van der Waals surface area contributed by atoms with Gasteiger partial charge in [-0.05, 0) is 54.5 Å². The Balaban J connectivity index is 1.61. The zero-order chi connectivity index (χ0) is 14.1. The van der Waals surface area contributed by atoms with E-state index in [-0.39, 0.29) is 0 Å². The van der Waals surface area contributed by atoms with Crippen molar-refractivity contribution in [1.82, 2.24) is 4.90 Å². The van der Waals surface area contributed by atoms with Crippen LogP contribution in [0.2, 0.25) is 0 Å². The molecule has 1 aliphatic heterocycles. The second-order valence-corrected chi connectivity index (χ2v) is 6.86. The van der Waals surface area contributed by atoms with Crippen LogP contribution in [0.15, 0.2) is 42.5 Å². The molecule has 2 fully saturated rings. The van der Waals surface area contributed by atoms with Crippen LogP contribution in [0.1, 0.15) is 44.1 Å². The average molecular weight is 279 g/mol. The van der Waals surface area contributed by atoms with Crippen LogP contribution < -0.4 is 0 Å². The number of hydrogen-bond donors (Lipinski definition) is 0. The molecule has 0 spiro atoms. The van der Waals surface area contributed by atoms with Gasteiger partial charge in [-0.3, -0.25) is 4.90 Å². The highest BCUT2D eigenvalue weighted by Crippen LogP contribution is 2.36. The minimum Gasteiger partial charge on any atom is -0.296 e. The molecule has 4 rings (SSSR count). The lowest BCUT2D eigenvalue weighted by Gasteiger charge is -2.44. The van der Waals surface area contributed by atoms with Crippen LogP contribution in [0.25, 0.3) is 10.8 Å². The first-order chi connectivity index (χ1) is 10.4. The van der Waals surface area contributed by atoms with Gasteiger partial charge in [-0.25, -0.2) is 0 Å². The molecule has 110 valence electrons. The number of rotatable bonds is 2. The van der Waals surface area contributed by atoms with Gasteiger partial charge in [-0.15, -0.1) is 0 Å². The second-order valence-electron chi connectivity index (χ2n) is 6.86. The van der Waals surface area contributed by atoms with Crippen LogP contribution in [0, 0.1) is 5.92 Å². The third-order valence-electron chi connectivity index (χ3n) is 5.61. The highest BCUT2D eigenvalue weighted by Gasteiger charge is 2.33. The van der Waals surface area contributed by atoms with E-state index in [1.807, 2.05) is 0 Å². The largest absolute Gasteiger partial charge is 0.296 e. The van der Waals surface area contributed by atoms with E-state index in [1.54, 1.807) is 0 Å². The van der Waals surface area contributed by atoms with Crippen molar-refractivity contribution in [3.8, 4) is 0 Å². The number of fused-ring (bicyclic) bond motifs is 2. The van der Waals surface area contributed by atoms with Gasteiger partial charge in [0.25, 0.3) is 0 Å². The summed E-state index contributed by atoms with van der Waals surface area (Å²) in [5, 5.41) is 2.82. The molecule has 1 aliphatic carbocycles. The number of piperidine rings is 1. The molecule has 2 aliphatic rings. The lowest BCUT2D eigenvalue weighted by atomic mass is 9.78. The highest BCUT2D eigenvalue weighted by molar-refractivity contribution is 5.85. The van der Waals surface area contributed by atoms with E-state index in [1.165, 1.54) is 61.4 Å². The number of hydrogen-bond acceptors (Lipinski definition) is 1. The van der Waals surface area contributed by atoms with Crippen molar-refractivity contribution in [3.05, 3.63) is 48.0 Å². The normalized spacial score (nSPS) is 26.7.